The van der Waals surface area contributed by atoms with Crippen LogP contribution in [0.15, 0.2) is 48.7 Å². The van der Waals surface area contributed by atoms with Gasteiger partial charge in [-0.15, -0.1) is 0 Å². The number of halogens is 2. The second kappa shape index (κ2) is 8.73. The summed E-state index contributed by atoms with van der Waals surface area (Å²) in [6, 6.07) is 11.9. The highest BCUT2D eigenvalue weighted by atomic mass is 35.5. The van der Waals surface area contributed by atoms with Crippen LogP contribution in [-0.4, -0.2) is 27.8 Å². The zero-order valence-corrected chi connectivity index (χ0v) is 15.7. The maximum Gasteiger partial charge on any atom is 0.229 e. The maximum absolute atomic E-state index is 14.1. The number of nitrogens with two attached hydrogens (primary N) is 1. The minimum absolute atomic E-state index is 0.00226. The van der Waals surface area contributed by atoms with Crippen molar-refractivity contribution in [1.82, 2.24) is 9.97 Å². The fraction of sp³-hybridized carbons (Fsp3) is 0.158. The van der Waals surface area contributed by atoms with Crippen LogP contribution in [0.3, 0.4) is 0 Å². The van der Waals surface area contributed by atoms with Crippen molar-refractivity contribution in [3.8, 4) is 5.75 Å². The molecule has 0 spiro atoms. The number of nitrogen functional groups attached to an aromatic ring is 1. The van der Waals surface area contributed by atoms with Crippen molar-refractivity contribution < 1.29 is 14.2 Å². The third-order valence-corrected chi connectivity index (χ3v) is 3.98. The Balaban J connectivity index is 1.80. The van der Waals surface area contributed by atoms with Gasteiger partial charge in [0, 0.05) is 23.1 Å². The summed E-state index contributed by atoms with van der Waals surface area (Å²) in [7, 11) is 0. The molecule has 0 amide bonds. The van der Waals surface area contributed by atoms with Gasteiger partial charge in [0.05, 0.1) is 17.8 Å². The minimum atomic E-state index is -0.607. The quantitative estimate of drug-likeness (QED) is 0.440. The first-order chi connectivity index (χ1) is 13.4. The number of ether oxygens (including phenoxy) is 1. The molecule has 9 heteroatoms. The van der Waals surface area contributed by atoms with Gasteiger partial charge in [0.2, 0.25) is 5.95 Å². The summed E-state index contributed by atoms with van der Waals surface area (Å²) in [5, 5.41) is 15.4. The summed E-state index contributed by atoms with van der Waals surface area (Å²) in [6.07, 6.45) is 0.648. The third-order valence-electron chi connectivity index (χ3n) is 3.67. The van der Waals surface area contributed by atoms with E-state index in [1.807, 2.05) is 0 Å². The predicted molar refractivity (Wildman–Crippen MR) is 108 cm³/mol. The number of anilines is 5. The van der Waals surface area contributed by atoms with Gasteiger partial charge in [0.1, 0.15) is 11.9 Å². The van der Waals surface area contributed by atoms with Crippen LogP contribution in [0.1, 0.15) is 6.92 Å². The summed E-state index contributed by atoms with van der Waals surface area (Å²) in [6.45, 7) is 1.57. The molecule has 28 heavy (non-hydrogen) atoms. The number of aliphatic hydroxyl groups is 1. The van der Waals surface area contributed by atoms with Crippen LogP contribution in [0.4, 0.5) is 33.2 Å². The highest BCUT2D eigenvalue weighted by molar-refractivity contribution is 6.32. The molecule has 1 unspecified atom stereocenters. The largest absolute Gasteiger partial charge is 0.487 e. The van der Waals surface area contributed by atoms with Gasteiger partial charge < -0.3 is 26.2 Å². The number of benzene rings is 2. The first-order valence-corrected chi connectivity index (χ1v) is 8.81. The van der Waals surface area contributed by atoms with E-state index in [0.717, 1.165) is 6.20 Å². The molecule has 1 atom stereocenters. The first kappa shape index (κ1) is 19.7. The zero-order chi connectivity index (χ0) is 20.1. The molecule has 7 nitrogen and oxygen atoms in total. The first-order valence-electron chi connectivity index (χ1n) is 8.44. The van der Waals surface area contributed by atoms with Gasteiger partial charge in [-0.2, -0.15) is 4.98 Å². The van der Waals surface area contributed by atoms with E-state index >= 15 is 0 Å². The third kappa shape index (κ3) is 4.99. The Morgan fingerprint density at radius 3 is 2.75 bits per heavy atom. The van der Waals surface area contributed by atoms with Crippen LogP contribution in [-0.2, 0) is 0 Å². The predicted octanol–water partition coefficient (Wildman–Crippen LogP) is 4.10. The molecular weight excluding hydrogens is 385 g/mol. The number of rotatable bonds is 7. The van der Waals surface area contributed by atoms with Crippen molar-refractivity contribution in [3.63, 3.8) is 0 Å². The van der Waals surface area contributed by atoms with E-state index in [-0.39, 0.29) is 18.4 Å². The fourth-order valence-corrected chi connectivity index (χ4v) is 2.48. The molecule has 0 saturated heterocycles. The van der Waals surface area contributed by atoms with E-state index in [2.05, 4.69) is 20.6 Å². The molecule has 0 saturated carbocycles. The van der Waals surface area contributed by atoms with Crippen molar-refractivity contribution in [2.24, 2.45) is 0 Å². The van der Waals surface area contributed by atoms with Crippen LogP contribution in [0.5, 0.6) is 5.75 Å². The lowest BCUT2D eigenvalue weighted by atomic mass is 10.3. The van der Waals surface area contributed by atoms with Crippen LogP contribution in [0.25, 0.3) is 0 Å². The molecule has 2 aromatic carbocycles. The zero-order valence-electron chi connectivity index (χ0n) is 15.0. The molecule has 1 aromatic heterocycles. The van der Waals surface area contributed by atoms with Crippen LogP contribution >= 0.6 is 11.6 Å². The molecule has 0 aliphatic heterocycles. The summed E-state index contributed by atoms with van der Waals surface area (Å²) in [4.78, 5) is 8.11. The van der Waals surface area contributed by atoms with Gasteiger partial charge in [0.25, 0.3) is 0 Å². The SMILES string of the molecule is CC(CO)Oc1cc(Nc2ncc(F)c(Nc3cccc(N)c3)n2)ccc1Cl. The number of hydrogen-bond acceptors (Lipinski definition) is 7. The van der Waals surface area contributed by atoms with Crippen molar-refractivity contribution in [3.05, 3.63) is 59.5 Å². The lowest BCUT2D eigenvalue weighted by molar-refractivity contribution is 0.130. The Morgan fingerprint density at radius 1 is 1.21 bits per heavy atom. The Hall–Kier alpha value is -3.10. The number of nitrogens with zero attached hydrogens (tertiary/aromatic N) is 2. The van der Waals surface area contributed by atoms with E-state index in [1.165, 1.54) is 0 Å². The molecular formula is C19H19ClFN5O2. The number of aliphatic hydroxyl groups excluding tert-OH is 1. The minimum Gasteiger partial charge on any atom is -0.487 e. The van der Waals surface area contributed by atoms with Gasteiger partial charge >= 0.3 is 0 Å². The van der Waals surface area contributed by atoms with Crippen molar-refractivity contribution in [1.29, 1.82) is 0 Å². The standard InChI is InChI=1S/C19H19ClFN5O2/c1-11(10-27)28-17-8-14(5-6-15(17)20)25-19-23-9-16(21)18(26-19)24-13-4-2-3-12(22)7-13/h2-9,11,27H,10,22H2,1H3,(H2,23,24,25,26). The van der Waals surface area contributed by atoms with E-state index in [0.29, 0.717) is 27.8 Å². The Kier molecular flexibility index (Phi) is 6.13. The second-order valence-electron chi connectivity index (χ2n) is 6.02. The van der Waals surface area contributed by atoms with Crippen molar-refractivity contribution >= 4 is 40.4 Å². The summed E-state index contributed by atoms with van der Waals surface area (Å²) in [5.41, 5.74) is 7.47. The molecule has 5 N–H and O–H groups in total. The van der Waals surface area contributed by atoms with Crippen molar-refractivity contribution in [2.75, 3.05) is 23.0 Å². The van der Waals surface area contributed by atoms with Gasteiger partial charge in [-0.1, -0.05) is 17.7 Å². The van der Waals surface area contributed by atoms with E-state index in [9.17, 15) is 4.39 Å². The van der Waals surface area contributed by atoms with E-state index in [4.69, 9.17) is 27.2 Å². The number of aromatic nitrogens is 2. The monoisotopic (exact) mass is 403 g/mol. The summed E-state index contributed by atoms with van der Waals surface area (Å²) in [5.74, 6) is -0.0305. The molecule has 0 bridgehead atoms. The average molecular weight is 404 g/mol. The lowest BCUT2D eigenvalue weighted by Crippen LogP contribution is -2.16. The van der Waals surface area contributed by atoms with Gasteiger partial charge in [-0.05, 0) is 37.3 Å². The molecule has 0 radical (unpaired) electrons. The second-order valence-corrected chi connectivity index (χ2v) is 6.43. The van der Waals surface area contributed by atoms with E-state index < -0.39 is 11.9 Å². The van der Waals surface area contributed by atoms with E-state index in [1.54, 1.807) is 49.4 Å². The molecule has 0 aliphatic carbocycles. The van der Waals surface area contributed by atoms with Gasteiger partial charge in [0.15, 0.2) is 11.6 Å². The number of nitrogens with one attached hydrogen (secondary N) is 2. The fourth-order valence-electron chi connectivity index (χ4n) is 2.32. The normalized spacial score (nSPS) is 11.7. The molecule has 3 rings (SSSR count). The molecule has 0 fully saturated rings. The van der Waals surface area contributed by atoms with Crippen LogP contribution < -0.4 is 21.1 Å². The summed E-state index contributed by atoms with van der Waals surface area (Å²) < 4.78 is 19.6. The van der Waals surface area contributed by atoms with Crippen LogP contribution in [0.2, 0.25) is 5.02 Å². The Bertz CT molecular complexity index is 973. The molecule has 1 heterocycles. The summed E-state index contributed by atoms with van der Waals surface area (Å²) >= 11 is 6.11. The van der Waals surface area contributed by atoms with Crippen molar-refractivity contribution in [2.45, 2.75) is 13.0 Å². The Morgan fingerprint density at radius 2 is 2.00 bits per heavy atom. The lowest BCUT2D eigenvalue weighted by Gasteiger charge is -2.15. The van der Waals surface area contributed by atoms with Gasteiger partial charge in [-0.25, -0.2) is 9.37 Å². The molecule has 0 aliphatic rings. The molecule has 146 valence electrons. The topological polar surface area (TPSA) is 105 Å². The smallest absolute Gasteiger partial charge is 0.229 e. The maximum atomic E-state index is 14.1. The Labute approximate surface area is 166 Å². The highest BCUT2D eigenvalue weighted by Crippen LogP contribution is 2.30. The molecule has 3 aromatic rings. The number of hydrogen-bond donors (Lipinski definition) is 4. The highest BCUT2D eigenvalue weighted by Gasteiger charge is 2.11. The average Bonchev–Trinajstić information content (AvgIpc) is 2.67. The van der Waals surface area contributed by atoms with Crippen LogP contribution in [0, 0.1) is 5.82 Å². The van der Waals surface area contributed by atoms with Gasteiger partial charge in [-0.3, -0.25) is 0 Å².